The van der Waals surface area contributed by atoms with Crippen molar-refractivity contribution in [1.82, 2.24) is 20.0 Å². The van der Waals surface area contributed by atoms with Gasteiger partial charge < -0.3 is 5.73 Å². The number of hydrogen-bond donors (Lipinski definition) is 1. The van der Waals surface area contributed by atoms with Crippen LogP contribution in [0.25, 0.3) is 11.5 Å². The predicted octanol–water partition coefficient (Wildman–Crippen LogP) is 1.14. The first-order valence-corrected chi connectivity index (χ1v) is 6.60. The van der Waals surface area contributed by atoms with Gasteiger partial charge in [0.15, 0.2) is 11.5 Å². The van der Waals surface area contributed by atoms with E-state index in [-0.39, 0.29) is 23.2 Å². The molecule has 0 amide bonds. The molecule has 9 heteroatoms. The summed E-state index contributed by atoms with van der Waals surface area (Å²) in [5, 5.41) is 10.8. The van der Waals surface area contributed by atoms with Crippen LogP contribution < -0.4 is 11.5 Å². The van der Waals surface area contributed by atoms with E-state index in [1.807, 2.05) is 0 Å². The van der Waals surface area contributed by atoms with E-state index in [9.17, 15) is 9.18 Å². The van der Waals surface area contributed by atoms with E-state index < -0.39 is 11.8 Å². The average molecular weight is 303 g/mol. The van der Waals surface area contributed by atoms with Gasteiger partial charge in [0.2, 0.25) is 5.82 Å². The fourth-order valence-electron chi connectivity index (χ4n) is 2.86. The number of rotatable bonds is 2. The number of nitrogens with zero attached hydrogens (tertiary/aromatic N) is 4. The van der Waals surface area contributed by atoms with Gasteiger partial charge in [-0.15, -0.1) is 0 Å². The number of hydrogen-bond acceptors (Lipinski definition) is 7. The SMILES string of the molecule is Nc1nonc1-c1noc(=O)n1[C@@H]1CCc2ccc(F)cc21. The highest BCUT2D eigenvalue weighted by Crippen LogP contribution is 2.36. The minimum absolute atomic E-state index is 0.000451. The summed E-state index contributed by atoms with van der Waals surface area (Å²) in [6, 6.07) is 4.14. The molecular weight excluding hydrogens is 293 g/mol. The van der Waals surface area contributed by atoms with Crippen LogP contribution in [0.3, 0.4) is 0 Å². The highest BCUT2D eigenvalue weighted by molar-refractivity contribution is 5.62. The maximum atomic E-state index is 13.5. The topological polar surface area (TPSA) is 113 Å². The second kappa shape index (κ2) is 4.52. The van der Waals surface area contributed by atoms with E-state index in [0.717, 1.165) is 17.5 Å². The van der Waals surface area contributed by atoms with Gasteiger partial charge in [-0.25, -0.2) is 18.4 Å². The third-order valence-corrected chi connectivity index (χ3v) is 3.83. The smallest absolute Gasteiger partial charge is 0.379 e. The van der Waals surface area contributed by atoms with Gasteiger partial charge in [0.25, 0.3) is 0 Å². The molecule has 0 saturated carbocycles. The molecule has 8 nitrogen and oxygen atoms in total. The van der Waals surface area contributed by atoms with Crippen molar-refractivity contribution in [2.24, 2.45) is 0 Å². The number of benzene rings is 1. The van der Waals surface area contributed by atoms with Crippen molar-refractivity contribution in [3.8, 4) is 11.5 Å². The molecule has 1 aliphatic carbocycles. The van der Waals surface area contributed by atoms with Crippen molar-refractivity contribution >= 4 is 5.82 Å². The Morgan fingerprint density at radius 1 is 1.32 bits per heavy atom. The Morgan fingerprint density at radius 3 is 2.95 bits per heavy atom. The molecule has 2 aromatic heterocycles. The van der Waals surface area contributed by atoms with Crippen molar-refractivity contribution in [1.29, 1.82) is 0 Å². The summed E-state index contributed by atoms with van der Waals surface area (Å²) in [5.74, 6) is -0.913. The predicted molar refractivity (Wildman–Crippen MR) is 71.3 cm³/mol. The molecule has 0 bridgehead atoms. The number of nitrogens with two attached hydrogens (primary N) is 1. The molecule has 22 heavy (non-hydrogen) atoms. The van der Waals surface area contributed by atoms with E-state index in [4.69, 9.17) is 10.3 Å². The van der Waals surface area contributed by atoms with Crippen LogP contribution in [0.2, 0.25) is 0 Å². The summed E-state index contributed by atoms with van der Waals surface area (Å²) in [4.78, 5) is 12.0. The molecule has 112 valence electrons. The van der Waals surface area contributed by atoms with Gasteiger partial charge in [0.1, 0.15) is 5.82 Å². The van der Waals surface area contributed by atoms with Crippen molar-refractivity contribution in [2.45, 2.75) is 18.9 Å². The zero-order valence-corrected chi connectivity index (χ0v) is 11.2. The van der Waals surface area contributed by atoms with Gasteiger partial charge in [-0.3, -0.25) is 4.52 Å². The largest absolute Gasteiger partial charge is 0.442 e. The van der Waals surface area contributed by atoms with Gasteiger partial charge in [0.05, 0.1) is 6.04 Å². The summed E-state index contributed by atoms with van der Waals surface area (Å²) >= 11 is 0. The van der Waals surface area contributed by atoms with Crippen molar-refractivity contribution in [2.75, 3.05) is 5.73 Å². The lowest BCUT2D eigenvalue weighted by molar-refractivity contribution is 0.309. The van der Waals surface area contributed by atoms with E-state index >= 15 is 0 Å². The minimum atomic E-state index is -0.667. The Balaban J connectivity index is 1.90. The van der Waals surface area contributed by atoms with E-state index in [1.54, 1.807) is 6.07 Å². The van der Waals surface area contributed by atoms with Crippen molar-refractivity contribution in [3.63, 3.8) is 0 Å². The number of aromatic nitrogens is 4. The fourth-order valence-corrected chi connectivity index (χ4v) is 2.86. The average Bonchev–Trinajstić information content (AvgIpc) is 3.17. The molecule has 0 fully saturated rings. The van der Waals surface area contributed by atoms with Crippen LogP contribution in [0.5, 0.6) is 0 Å². The van der Waals surface area contributed by atoms with Crippen LogP contribution in [0, 0.1) is 5.82 Å². The molecule has 2 heterocycles. The summed E-state index contributed by atoms with van der Waals surface area (Å²) in [5.41, 5.74) is 7.47. The molecule has 4 rings (SSSR count). The van der Waals surface area contributed by atoms with Crippen molar-refractivity contribution < 1.29 is 13.5 Å². The van der Waals surface area contributed by atoms with Crippen LogP contribution in [-0.2, 0) is 6.42 Å². The molecule has 0 saturated heterocycles. The second-order valence-corrected chi connectivity index (χ2v) is 5.04. The van der Waals surface area contributed by atoms with E-state index in [2.05, 4.69) is 20.1 Å². The Morgan fingerprint density at radius 2 is 2.18 bits per heavy atom. The lowest BCUT2D eigenvalue weighted by Crippen LogP contribution is -2.21. The lowest BCUT2D eigenvalue weighted by atomic mass is 10.1. The zero-order valence-electron chi connectivity index (χ0n) is 11.2. The summed E-state index contributed by atoms with van der Waals surface area (Å²) < 4.78 is 24.1. The standard InChI is InChI=1S/C13H10FN5O3/c14-7-3-1-6-2-4-9(8(6)5-7)19-12(18-21-13(19)20)10-11(15)17-22-16-10/h1,3,5,9H,2,4H2,(H2,15,17)/t9-/m1/s1. The summed E-state index contributed by atoms with van der Waals surface area (Å²) in [6.07, 6.45) is 1.35. The quantitative estimate of drug-likeness (QED) is 0.755. The summed E-state index contributed by atoms with van der Waals surface area (Å²) in [6.45, 7) is 0. The van der Waals surface area contributed by atoms with Crippen LogP contribution in [0.15, 0.2) is 32.1 Å². The van der Waals surface area contributed by atoms with Crippen molar-refractivity contribution in [3.05, 3.63) is 45.7 Å². The van der Waals surface area contributed by atoms with Gasteiger partial charge >= 0.3 is 5.76 Å². The highest BCUT2D eigenvalue weighted by atomic mass is 19.1. The van der Waals surface area contributed by atoms with E-state index in [1.165, 1.54) is 16.7 Å². The molecule has 3 aromatic rings. The first kappa shape index (κ1) is 12.7. The van der Waals surface area contributed by atoms with Crippen LogP contribution in [-0.4, -0.2) is 20.0 Å². The molecule has 1 aliphatic rings. The first-order valence-electron chi connectivity index (χ1n) is 6.60. The van der Waals surface area contributed by atoms with Crippen LogP contribution >= 0.6 is 0 Å². The maximum absolute atomic E-state index is 13.5. The normalized spacial score (nSPS) is 16.9. The van der Waals surface area contributed by atoms with Gasteiger partial charge in [0, 0.05) is 0 Å². The molecule has 2 N–H and O–H groups in total. The Kier molecular flexibility index (Phi) is 2.62. The lowest BCUT2D eigenvalue weighted by Gasteiger charge is -2.13. The minimum Gasteiger partial charge on any atom is -0.379 e. The highest BCUT2D eigenvalue weighted by Gasteiger charge is 2.31. The molecule has 0 radical (unpaired) electrons. The summed E-state index contributed by atoms with van der Waals surface area (Å²) in [7, 11) is 0. The third-order valence-electron chi connectivity index (χ3n) is 3.83. The number of anilines is 1. The molecule has 0 aliphatic heterocycles. The second-order valence-electron chi connectivity index (χ2n) is 5.04. The monoisotopic (exact) mass is 303 g/mol. The number of fused-ring (bicyclic) bond motifs is 1. The molecular formula is C13H10FN5O3. The molecule has 0 spiro atoms. The Labute approximate surface area is 122 Å². The van der Waals surface area contributed by atoms with Gasteiger partial charge in [-0.05, 0) is 46.4 Å². The van der Waals surface area contributed by atoms with Gasteiger partial charge in [-0.2, -0.15) is 0 Å². The fraction of sp³-hybridized carbons (Fsp3) is 0.231. The maximum Gasteiger partial charge on any atom is 0.442 e. The van der Waals surface area contributed by atoms with Gasteiger partial charge in [-0.1, -0.05) is 11.2 Å². The first-order chi connectivity index (χ1) is 10.6. The number of nitrogen functional groups attached to an aromatic ring is 1. The Bertz CT molecular complexity index is 913. The third kappa shape index (κ3) is 1.75. The molecule has 1 aromatic carbocycles. The number of aryl methyl sites for hydroxylation is 1. The van der Waals surface area contributed by atoms with E-state index in [0.29, 0.717) is 6.42 Å². The molecule has 1 atom stereocenters. The Hall–Kier alpha value is -2.97. The van der Waals surface area contributed by atoms with Crippen LogP contribution in [0.4, 0.5) is 10.2 Å². The zero-order chi connectivity index (χ0) is 15.3. The van der Waals surface area contributed by atoms with Crippen LogP contribution in [0.1, 0.15) is 23.6 Å². The number of halogens is 1. The molecule has 0 unspecified atom stereocenters.